The van der Waals surface area contributed by atoms with Crippen molar-refractivity contribution in [3.63, 3.8) is 0 Å². The Hall–Kier alpha value is -0.350. The topological polar surface area (TPSA) is 27.1 Å². The Morgan fingerprint density at radius 1 is 1.75 bits per heavy atom. The van der Waals surface area contributed by atoms with E-state index in [1.54, 1.807) is 0 Å². The summed E-state index contributed by atoms with van der Waals surface area (Å²) < 4.78 is 8.16. The molecule has 68 valence electrons. The molecule has 0 radical (unpaired) electrons. The summed E-state index contributed by atoms with van der Waals surface area (Å²) in [6.45, 7) is 4.70. The maximum atomic E-state index is 5.40. The van der Waals surface area contributed by atoms with Crippen LogP contribution in [0.5, 0.6) is 0 Å². The first-order valence-corrected chi connectivity index (χ1v) is 4.74. The highest BCUT2D eigenvalue weighted by Gasteiger charge is 2.09. The van der Waals surface area contributed by atoms with Crippen LogP contribution in [0.3, 0.4) is 0 Å². The second kappa shape index (κ2) is 4.05. The number of rotatable bonds is 3. The molecule has 0 saturated heterocycles. The molecule has 0 aliphatic heterocycles. The number of hydrogen-bond acceptors (Lipinski definition) is 2. The molecule has 0 amide bonds. The molecule has 0 aliphatic carbocycles. The summed E-state index contributed by atoms with van der Waals surface area (Å²) in [5, 5.41) is 0. The number of ether oxygens (including phenoxy) is 1. The molecule has 12 heavy (non-hydrogen) atoms. The highest BCUT2D eigenvalue weighted by atomic mass is 79.9. The molecular formula is C8H13BrN2O. The monoisotopic (exact) mass is 232 g/mol. The molecule has 1 aromatic heterocycles. The Kier molecular flexibility index (Phi) is 3.29. The van der Waals surface area contributed by atoms with Crippen molar-refractivity contribution in [1.29, 1.82) is 0 Å². The van der Waals surface area contributed by atoms with Crippen molar-refractivity contribution in [3.8, 4) is 0 Å². The van der Waals surface area contributed by atoms with Gasteiger partial charge >= 0.3 is 0 Å². The molecule has 4 heteroatoms. The van der Waals surface area contributed by atoms with Gasteiger partial charge in [0, 0.05) is 19.9 Å². The molecule has 3 nitrogen and oxygen atoms in total. The van der Waals surface area contributed by atoms with Gasteiger partial charge in [0.2, 0.25) is 0 Å². The van der Waals surface area contributed by atoms with Crippen LogP contribution >= 0.6 is 15.9 Å². The van der Waals surface area contributed by atoms with Gasteiger partial charge in [0.25, 0.3) is 0 Å². The average molecular weight is 233 g/mol. The Bertz CT molecular complexity index is 240. The number of halogens is 1. The third-order valence-electron chi connectivity index (χ3n) is 1.67. The zero-order valence-electron chi connectivity index (χ0n) is 7.54. The van der Waals surface area contributed by atoms with Gasteiger partial charge in [-0.1, -0.05) is 0 Å². The average Bonchev–Trinajstić information content (AvgIpc) is 2.33. The van der Waals surface area contributed by atoms with Crippen molar-refractivity contribution in [2.75, 3.05) is 6.61 Å². The Labute approximate surface area is 80.9 Å². The van der Waals surface area contributed by atoms with Crippen LogP contribution in [0.15, 0.2) is 10.9 Å². The van der Waals surface area contributed by atoms with Crippen molar-refractivity contribution in [3.05, 3.63) is 16.6 Å². The number of imidazole rings is 1. The van der Waals surface area contributed by atoms with Gasteiger partial charge in [0.05, 0.1) is 11.8 Å². The van der Waals surface area contributed by atoms with Crippen molar-refractivity contribution in [1.82, 2.24) is 9.55 Å². The smallest absolute Gasteiger partial charge is 0.177 e. The standard InChI is InChI=1S/C8H13BrN2O/c1-4-12-6(2)7-5-11(3)8(9)10-7/h5-6H,4H2,1-3H3. The van der Waals surface area contributed by atoms with Crippen molar-refractivity contribution >= 4 is 15.9 Å². The lowest BCUT2D eigenvalue weighted by atomic mass is 10.3. The molecule has 0 aromatic carbocycles. The van der Waals surface area contributed by atoms with Crippen molar-refractivity contribution < 1.29 is 4.74 Å². The first kappa shape index (κ1) is 9.74. The summed E-state index contributed by atoms with van der Waals surface area (Å²) in [6.07, 6.45) is 2.04. The van der Waals surface area contributed by atoms with E-state index in [2.05, 4.69) is 20.9 Å². The SMILES string of the molecule is CCOC(C)c1cn(C)c(Br)n1. The molecule has 0 saturated carbocycles. The third-order valence-corrected chi connectivity index (χ3v) is 2.41. The van der Waals surface area contributed by atoms with Gasteiger partial charge in [0.15, 0.2) is 4.73 Å². The molecule has 1 aromatic rings. The minimum atomic E-state index is 0.0764. The predicted molar refractivity (Wildman–Crippen MR) is 50.9 cm³/mol. The van der Waals surface area contributed by atoms with Gasteiger partial charge in [0.1, 0.15) is 0 Å². The van der Waals surface area contributed by atoms with Gasteiger partial charge in [-0.3, -0.25) is 0 Å². The van der Waals surface area contributed by atoms with Crippen LogP contribution in [0.4, 0.5) is 0 Å². The lowest BCUT2D eigenvalue weighted by molar-refractivity contribution is 0.0735. The van der Waals surface area contributed by atoms with E-state index in [-0.39, 0.29) is 6.10 Å². The number of nitrogens with zero attached hydrogens (tertiary/aromatic N) is 2. The first-order valence-electron chi connectivity index (χ1n) is 3.95. The quantitative estimate of drug-likeness (QED) is 0.800. The second-order valence-corrected chi connectivity index (χ2v) is 3.35. The molecular weight excluding hydrogens is 220 g/mol. The molecule has 0 N–H and O–H groups in total. The largest absolute Gasteiger partial charge is 0.372 e. The summed E-state index contributed by atoms with van der Waals surface area (Å²) in [5.41, 5.74) is 0.964. The summed E-state index contributed by atoms with van der Waals surface area (Å²) >= 11 is 3.33. The molecule has 1 rings (SSSR count). The fourth-order valence-electron chi connectivity index (χ4n) is 0.997. The number of hydrogen-bond donors (Lipinski definition) is 0. The molecule has 1 heterocycles. The lowest BCUT2D eigenvalue weighted by Gasteiger charge is -2.06. The Balaban J connectivity index is 2.74. The molecule has 0 bridgehead atoms. The number of aryl methyl sites for hydroxylation is 1. The summed E-state index contributed by atoms with van der Waals surface area (Å²) in [6, 6.07) is 0. The van der Waals surface area contributed by atoms with E-state index in [1.165, 1.54) is 0 Å². The van der Waals surface area contributed by atoms with Gasteiger partial charge in [-0.25, -0.2) is 4.98 Å². The van der Waals surface area contributed by atoms with Crippen LogP contribution in [-0.4, -0.2) is 16.2 Å². The molecule has 1 unspecified atom stereocenters. The van der Waals surface area contributed by atoms with E-state index in [0.29, 0.717) is 0 Å². The van der Waals surface area contributed by atoms with Crippen LogP contribution in [0, 0.1) is 0 Å². The zero-order chi connectivity index (χ0) is 9.14. The first-order chi connectivity index (χ1) is 5.65. The predicted octanol–water partition coefficient (Wildman–Crippen LogP) is 2.28. The van der Waals surface area contributed by atoms with Gasteiger partial charge in [-0.2, -0.15) is 0 Å². The maximum Gasteiger partial charge on any atom is 0.177 e. The van der Waals surface area contributed by atoms with E-state index in [1.807, 2.05) is 31.7 Å². The fourth-order valence-corrected chi connectivity index (χ4v) is 1.30. The van der Waals surface area contributed by atoms with Gasteiger partial charge in [-0.15, -0.1) is 0 Å². The lowest BCUT2D eigenvalue weighted by Crippen LogP contribution is -1.99. The maximum absolute atomic E-state index is 5.40. The van der Waals surface area contributed by atoms with Crippen LogP contribution < -0.4 is 0 Å². The van der Waals surface area contributed by atoms with E-state index >= 15 is 0 Å². The van der Waals surface area contributed by atoms with Crippen molar-refractivity contribution in [2.45, 2.75) is 20.0 Å². The summed E-state index contributed by atoms with van der Waals surface area (Å²) in [5.74, 6) is 0. The molecule has 1 atom stereocenters. The second-order valence-electron chi connectivity index (χ2n) is 2.64. The highest BCUT2D eigenvalue weighted by molar-refractivity contribution is 9.10. The van der Waals surface area contributed by atoms with Crippen LogP contribution in [-0.2, 0) is 11.8 Å². The van der Waals surface area contributed by atoms with Crippen LogP contribution in [0.1, 0.15) is 25.6 Å². The van der Waals surface area contributed by atoms with Crippen LogP contribution in [0.2, 0.25) is 0 Å². The van der Waals surface area contributed by atoms with E-state index < -0.39 is 0 Å². The minimum Gasteiger partial charge on any atom is -0.372 e. The number of aromatic nitrogens is 2. The molecule has 0 fully saturated rings. The Morgan fingerprint density at radius 2 is 2.42 bits per heavy atom. The fraction of sp³-hybridized carbons (Fsp3) is 0.625. The Morgan fingerprint density at radius 3 is 2.83 bits per heavy atom. The minimum absolute atomic E-state index is 0.0764. The van der Waals surface area contributed by atoms with Crippen molar-refractivity contribution in [2.24, 2.45) is 7.05 Å². The molecule has 0 spiro atoms. The third kappa shape index (κ3) is 2.08. The zero-order valence-corrected chi connectivity index (χ0v) is 9.13. The van der Waals surface area contributed by atoms with E-state index in [4.69, 9.17) is 4.74 Å². The summed E-state index contributed by atoms with van der Waals surface area (Å²) in [4.78, 5) is 4.28. The summed E-state index contributed by atoms with van der Waals surface area (Å²) in [7, 11) is 1.94. The van der Waals surface area contributed by atoms with E-state index in [0.717, 1.165) is 17.0 Å². The van der Waals surface area contributed by atoms with Crippen LogP contribution in [0.25, 0.3) is 0 Å². The van der Waals surface area contributed by atoms with Gasteiger partial charge in [-0.05, 0) is 29.8 Å². The molecule has 0 aliphatic rings. The normalized spacial score (nSPS) is 13.3. The highest BCUT2D eigenvalue weighted by Crippen LogP contribution is 2.17. The van der Waals surface area contributed by atoms with E-state index in [9.17, 15) is 0 Å². The van der Waals surface area contributed by atoms with Gasteiger partial charge < -0.3 is 9.30 Å².